The number of para-hydroxylation sites is 2. The van der Waals surface area contributed by atoms with Gasteiger partial charge in [-0.25, -0.2) is 0 Å². The Hall–Kier alpha value is -13.6. The van der Waals surface area contributed by atoms with E-state index in [-0.39, 0.29) is 0 Å². The molecule has 2 aromatic heterocycles. The number of hydrogen-bond donors (Lipinski definition) is 0. The van der Waals surface area contributed by atoms with Crippen LogP contribution in [0.15, 0.2) is 429 Å². The van der Waals surface area contributed by atoms with Crippen LogP contribution < -0.4 is 9.80 Å². The first-order valence-corrected chi connectivity index (χ1v) is 37.9. The molecular weight excluding hydrogens is 1330 g/mol. The fraction of sp³-hybridized carbons (Fsp3) is 0.0192. The van der Waals surface area contributed by atoms with Crippen LogP contribution in [0.1, 0.15) is 44.5 Å². The number of hydrogen-bond acceptors (Lipinski definition) is 4. The molecule has 0 saturated heterocycles. The third-order valence-corrected chi connectivity index (χ3v) is 23.4. The van der Waals surface area contributed by atoms with Crippen molar-refractivity contribution in [2.45, 2.75) is 10.8 Å². The van der Waals surface area contributed by atoms with Crippen LogP contribution in [-0.2, 0) is 10.8 Å². The minimum absolute atomic E-state index is 0.403. The minimum atomic E-state index is -0.551. The fourth-order valence-electron chi connectivity index (χ4n) is 17.5. The van der Waals surface area contributed by atoms with Gasteiger partial charge in [0.1, 0.15) is 11.2 Å². The molecule has 21 rings (SSSR count). The van der Waals surface area contributed by atoms with Crippen LogP contribution in [-0.4, -0.2) is 0 Å². The lowest BCUT2D eigenvalue weighted by atomic mass is 9.67. The van der Waals surface area contributed by atoms with Crippen LogP contribution in [0.3, 0.4) is 0 Å². The molecule has 0 amide bonds. The van der Waals surface area contributed by atoms with Crippen molar-refractivity contribution in [1.82, 2.24) is 0 Å². The molecular formula is C104H70N2OS. The molecule has 0 fully saturated rings. The molecule has 0 saturated carbocycles. The summed E-state index contributed by atoms with van der Waals surface area (Å²) in [4.78, 5) is 4.68. The van der Waals surface area contributed by atoms with E-state index in [2.05, 4.69) is 434 Å². The Kier molecular flexibility index (Phi) is 15.9. The topological polar surface area (TPSA) is 19.6 Å². The predicted molar refractivity (Wildman–Crippen MR) is 453 cm³/mol. The van der Waals surface area contributed by atoms with E-state index in [1.807, 2.05) is 11.3 Å². The molecule has 0 aliphatic heterocycles. The van der Waals surface area contributed by atoms with E-state index in [0.717, 1.165) is 56.1 Å². The van der Waals surface area contributed by atoms with Crippen molar-refractivity contribution in [3.63, 3.8) is 0 Å². The molecule has 2 heterocycles. The Balaban J connectivity index is 0.000000143. The third-order valence-electron chi connectivity index (χ3n) is 22.3. The second-order valence-corrected chi connectivity index (χ2v) is 29.2. The number of benzene rings is 17. The minimum Gasteiger partial charge on any atom is -0.456 e. The van der Waals surface area contributed by atoms with Gasteiger partial charge in [0, 0.05) is 71.1 Å². The second-order valence-electron chi connectivity index (χ2n) is 28.2. The zero-order chi connectivity index (χ0) is 71.5. The maximum absolute atomic E-state index is 6.93. The van der Waals surface area contributed by atoms with Crippen molar-refractivity contribution >= 4 is 87.6 Å². The van der Waals surface area contributed by atoms with Gasteiger partial charge in [0.2, 0.25) is 0 Å². The quantitative estimate of drug-likeness (QED) is 0.115. The van der Waals surface area contributed by atoms with Crippen LogP contribution in [0.25, 0.3) is 97.7 Å². The molecule has 19 aromatic rings. The summed E-state index contributed by atoms with van der Waals surface area (Å²) in [6.07, 6.45) is 0. The molecule has 508 valence electrons. The highest BCUT2D eigenvalue weighted by Gasteiger charge is 2.48. The van der Waals surface area contributed by atoms with Crippen molar-refractivity contribution in [3.8, 4) is 55.6 Å². The van der Waals surface area contributed by atoms with Crippen molar-refractivity contribution in [2.75, 3.05) is 9.80 Å². The van der Waals surface area contributed by atoms with Crippen LogP contribution >= 0.6 is 11.3 Å². The van der Waals surface area contributed by atoms with Gasteiger partial charge in [-0.1, -0.05) is 322 Å². The van der Waals surface area contributed by atoms with Gasteiger partial charge in [-0.15, -0.1) is 11.3 Å². The lowest BCUT2D eigenvalue weighted by Gasteiger charge is -2.34. The van der Waals surface area contributed by atoms with Gasteiger partial charge >= 0.3 is 0 Å². The van der Waals surface area contributed by atoms with E-state index in [1.54, 1.807) is 0 Å². The number of fused-ring (bicyclic) bond motifs is 12. The highest BCUT2D eigenvalue weighted by molar-refractivity contribution is 7.25. The van der Waals surface area contributed by atoms with Gasteiger partial charge in [-0.05, 0) is 197 Å². The van der Waals surface area contributed by atoms with Gasteiger partial charge < -0.3 is 14.2 Å². The van der Waals surface area contributed by atoms with E-state index in [0.29, 0.717) is 0 Å². The molecule has 4 heteroatoms. The van der Waals surface area contributed by atoms with Crippen molar-refractivity contribution in [2.24, 2.45) is 0 Å². The highest BCUT2D eigenvalue weighted by atomic mass is 32.1. The molecule has 0 atom stereocenters. The van der Waals surface area contributed by atoms with Gasteiger partial charge in [0.25, 0.3) is 0 Å². The lowest BCUT2D eigenvalue weighted by molar-refractivity contribution is 0.665. The van der Waals surface area contributed by atoms with Gasteiger partial charge in [-0.3, -0.25) is 0 Å². The summed E-state index contributed by atoms with van der Waals surface area (Å²) in [5, 5.41) is 4.77. The molecule has 17 aromatic carbocycles. The zero-order valence-corrected chi connectivity index (χ0v) is 59.9. The van der Waals surface area contributed by atoms with E-state index >= 15 is 0 Å². The smallest absolute Gasteiger partial charge is 0.137 e. The summed E-state index contributed by atoms with van der Waals surface area (Å²) in [5.41, 5.74) is 30.0. The number of furan rings is 1. The van der Waals surface area contributed by atoms with Crippen molar-refractivity contribution in [3.05, 3.63) is 469 Å². The average Bonchev–Trinajstić information content (AvgIpc) is 1.52. The maximum Gasteiger partial charge on any atom is 0.137 e. The lowest BCUT2D eigenvalue weighted by Crippen LogP contribution is -2.28. The largest absolute Gasteiger partial charge is 0.456 e. The fourth-order valence-corrected chi connectivity index (χ4v) is 18.6. The van der Waals surface area contributed by atoms with Gasteiger partial charge in [-0.2, -0.15) is 0 Å². The molecule has 3 nitrogen and oxygen atoms in total. The number of nitrogens with zero attached hydrogens (tertiary/aromatic N) is 2. The number of rotatable bonds is 13. The summed E-state index contributed by atoms with van der Waals surface area (Å²) in [5.74, 6) is 0. The summed E-state index contributed by atoms with van der Waals surface area (Å²) in [6.45, 7) is 0. The predicted octanol–water partition coefficient (Wildman–Crippen LogP) is 28.3. The Morgan fingerprint density at radius 3 is 1.09 bits per heavy atom. The highest BCUT2D eigenvalue weighted by Crippen LogP contribution is 2.59. The molecule has 2 aliphatic carbocycles. The third kappa shape index (κ3) is 10.7. The van der Waals surface area contributed by atoms with E-state index in [9.17, 15) is 0 Å². The number of thiophene rings is 1. The molecule has 0 radical (unpaired) electrons. The van der Waals surface area contributed by atoms with Crippen molar-refractivity contribution < 1.29 is 4.42 Å². The molecule has 0 unspecified atom stereocenters. The summed E-state index contributed by atoms with van der Waals surface area (Å²) in [6, 6.07) is 154. The molecule has 0 bridgehead atoms. The summed E-state index contributed by atoms with van der Waals surface area (Å²) in [7, 11) is 0. The van der Waals surface area contributed by atoms with E-state index in [4.69, 9.17) is 4.42 Å². The Morgan fingerprint density at radius 2 is 0.537 bits per heavy atom. The first-order valence-electron chi connectivity index (χ1n) is 37.1. The van der Waals surface area contributed by atoms with Gasteiger partial charge in [0.05, 0.1) is 10.8 Å². The average molecular weight is 1400 g/mol. The van der Waals surface area contributed by atoms with Crippen LogP contribution in [0.4, 0.5) is 34.1 Å². The molecule has 2 aliphatic rings. The van der Waals surface area contributed by atoms with Crippen LogP contribution in [0, 0.1) is 0 Å². The molecule has 0 N–H and O–H groups in total. The molecule has 0 spiro atoms. The first kappa shape index (κ1) is 64.0. The second kappa shape index (κ2) is 26.8. The van der Waals surface area contributed by atoms with E-state index < -0.39 is 10.8 Å². The Bertz CT molecular complexity index is 6460. The van der Waals surface area contributed by atoms with Crippen LogP contribution in [0.2, 0.25) is 0 Å². The standard InChI is InChI=1S/C55H37NO.C49H33NS/c1-4-16-38(17-5-1)40-20-14-22-42(34-40)55(51-28-12-10-26-47(51)48-27-11-13-29-52(48)55)43-30-32-49-50-33-31-46(37-54(50)57-53(49)36-43)56(44-23-8-3-9-24-44)45-25-15-21-41(35-45)39-18-6-2-7-19-39;1-4-14-34(15-5-1)35-24-27-39(28-25-35)50(38-18-8-3-9-19-38)40-29-31-47-44(33-40)43-30-26-37(32-48(43)51-47)49(36-16-6-2-7-17-36)45-22-12-10-20-41(45)42-21-11-13-23-46(42)49/h1-37H;1-33H. The number of anilines is 6. The van der Waals surface area contributed by atoms with Crippen molar-refractivity contribution in [1.29, 1.82) is 0 Å². The van der Waals surface area contributed by atoms with Crippen LogP contribution in [0.5, 0.6) is 0 Å². The zero-order valence-electron chi connectivity index (χ0n) is 59.1. The Labute approximate surface area is 633 Å². The SMILES string of the molecule is c1ccc(-c2ccc(N(c3ccccc3)c3ccc4sc5cc(C6(c7ccccc7)c7ccccc7-c7ccccc76)ccc5c4c3)cc2)cc1.c1ccc(-c2cccc(N(c3ccccc3)c3ccc4c(c3)oc3cc(C5(c6cccc(-c7ccccc7)c6)c6ccccc6-c6ccccc65)ccc34)c2)cc1. The summed E-state index contributed by atoms with van der Waals surface area (Å²) < 4.78 is 9.52. The molecule has 108 heavy (non-hydrogen) atoms. The normalized spacial score (nSPS) is 12.8. The first-order chi connectivity index (χ1) is 53.5. The Morgan fingerprint density at radius 1 is 0.194 bits per heavy atom. The monoisotopic (exact) mass is 1390 g/mol. The summed E-state index contributed by atoms with van der Waals surface area (Å²) >= 11 is 1.88. The maximum atomic E-state index is 6.93. The van der Waals surface area contributed by atoms with E-state index in [1.165, 1.54) is 120 Å². The van der Waals surface area contributed by atoms with Gasteiger partial charge in [0.15, 0.2) is 0 Å².